The highest BCUT2D eigenvalue weighted by Crippen LogP contribution is 2.14. The molecule has 2 aromatic heterocycles. The predicted octanol–water partition coefficient (Wildman–Crippen LogP) is 2.56. The lowest BCUT2D eigenvalue weighted by molar-refractivity contribution is 0.563. The van der Waals surface area contributed by atoms with Crippen molar-refractivity contribution < 1.29 is 0 Å². The molecule has 2 heterocycles. The Bertz CT molecular complexity index is 806. The first kappa shape index (κ1) is 14.0. The molecule has 0 bridgehead atoms. The van der Waals surface area contributed by atoms with Crippen LogP contribution in [0, 0.1) is 6.92 Å². The lowest BCUT2D eigenvalue weighted by Gasteiger charge is -2.09. The molecule has 0 aliphatic heterocycles. The van der Waals surface area contributed by atoms with Crippen molar-refractivity contribution in [3.05, 3.63) is 62.6 Å². The maximum Gasteiger partial charge on any atom is 0.207 e. The maximum atomic E-state index is 11.8. The van der Waals surface area contributed by atoms with Crippen LogP contribution in [0.25, 0.3) is 10.9 Å². The zero-order valence-electron chi connectivity index (χ0n) is 11.9. The van der Waals surface area contributed by atoms with Gasteiger partial charge in [-0.05, 0) is 31.2 Å². The second-order valence-corrected chi connectivity index (χ2v) is 6.31. The van der Waals surface area contributed by atoms with Crippen molar-refractivity contribution in [2.24, 2.45) is 0 Å². The molecule has 0 unspecified atom stereocenters. The summed E-state index contributed by atoms with van der Waals surface area (Å²) in [5.74, 6) is 0. The largest absolute Gasteiger partial charge is 0.310 e. The molecule has 0 spiro atoms. The van der Waals surface area contributed by atoms with Gasteiger partial charge in [0, 0.05) is 28.2 Å². The number of nitrogens with zero attached hydrogens (tertiary/aromatic N) is 2. The Morgan fingerprint density at radius 2 is 2.10 bits per heavy atom. The van der Waals surface area contributed by atoms with E-state index in [0.717, 1.165) is 30.5 Å². The molecule has 3 aromatic rings. The van der Waals surface area contributed by atoms with E-state index in [2.05, 4.69) is 29.5 Å². The van der Waals surface area contributed by atoms with Crippen LogP contribution in [0.3, 0.4) is 0 Å². The molecule has 0 radical (unpaired) electrons. The molecular formula is C16H17N3OS. The molecule has 0 aliphatic rings. The number of nitrogens with one attached hydrogen (secondary N) is 1. The summed E-state index contributed by atoms with van der Waals surface area (Å²) in [5.41, 5.74) is 0.864. The second kappa shape index (κ2) is 6.20. The molecule has 0 amide bonds. The van der Waals surface area contributed by atoms with Crippen molar-refractivity contribution in [1.29, 1.82) is 0 Å². The first-order chi connectivity index (χ1) is 10.2. The Morgan fingerprint density at radius 1 is 1.24 bits per heavy atom. The van der Waals surface area contributed by atoms with Gasteiger partial charge in [0.25, 0.3) is 0 Å². The zero-order valence-corrected chi connectivity index (χ0v) is 12.7. The molecule has 0 saturated carbocycles. The lowest BCUT2D eigenvalue weighted by atomic mass is 10.2. The average Bonchev–Trinajstić information content (AvgIpc) is 2.91. The van der Waals surface area contributed by atoms with Gasteiger partial charge in [0.2, 0.25) is 5.43 Å². The lowest BCUT2D eigenvalue weighted by Crippen LogP contribution is -2.22. The summed E-state index contributed by atoms with van der Waals surface area (Å²) in [6.45, 7) is 4.54. The Labute approximate surface area is 127 Å². The summed E-state index contributed by atoms with van der Waals surface area (Å²) >= 11 is 1.81. The molecule has 1 aromatic carbocycles. The molecule has 3 rings (SSSR count). The van der Waals surface area contributed by atoms with Crippen LogP contribution in [0.1, 0.15) is 9.75 Å². The van der Waals surface area contributed by atoms with E-state index in [1.54, 1.807) is 0 Å². The van der Waals surface area contributed by atoms with Crippen LogP contribution in [-0.4, -0.2) is 16.3 Å². The van der Waals surface area contributed by atoms with Crippen LogP contribution in [0.5, 0.6) is 0 Å². The first-order valence-corrected chi connectivity index (χ1v) is 7.76. The summed E-state index contributed by atoms with van der Waals surface area (Å²) in [6, 6.07) is 11.9. The number of fused-ring (bicyclic) bond motifs is 1. The van der Waals surface area contributed by atoms with E-state index in [1.165, 1.54) is 16.0 Å². The Hall–Kier alpha value is -1.98. The third-order valence-electron chi connectivity index (χ3n) is 3.36. The van der Waals surface area contributed by atoms with Gasteiger partial charge in [-0.25, -0.2) is 0 Å². The third kappa shape index (κ3) is 3.20. The zero-order chi connectivity index (χ0) is 14.7. The molecule has 0 aliphatic carbocycles. The maximum absolute atomic E-state index is 11.8. The molecular weight excluding hydrogens is 282 g/mol. The normalized spacial score (nSPS) is 11.1. The van der Waals surface area contributed by atoms with Crippen molar-refractivity contribution in [2.45, 2.75) is 20.0 Å². The van der Waals surface area contributed by atoms with E-state index in [0.29, 0.717) is 0 Å². The van der Waals surface area contributed by atoms with E-state index in [-0.39, 0.29) is 5.43 Å². The Balaban J connectivity index is 1.66. The molecule has 0 saturated heterocycles. The van der Waals surface area contributed by atoms with E-state index in [1.807, 2.05) is 40.3 Å². The predicted molar refractivity (Wildman–Crippen MR) is 86.8 cm³/mol. The van der Waals surface area contributed by atoms with Gasteiger partial charge in [-0.15, -0.1) is 11.3 Å². The SMILES string of the molecule is Cc1ccc(CNCCn2ncc(=O)c3ccccc32)s1. The molecule has 0 atom stereocenters. The van der Waals surface area contributed by atoms with Crippen molar-refractivity contribution in [1.82, 2.24) is 15.1 Å². The fourth-order valence-corrected chi connectivity index (χ4v) is 3.18. The molecule has 0 fully saturated rings. The molecule has 21 heavy (non-hydrogen) atoms. The fourth-order valence-electron chi connectivity index (χ4n) is 2.32. The monoisotopic (exact) mass is 299 g/mol. The van der Waals surface area contributed by atoms with Gasteiger partial charge >= 0.3 is 0 Å². The van der Waals surface area contributed by atoms with Gasteiger partial charge in [0.15, 0.2) is 0 Å². The van der Waals surface area contributed by atoms with Crippen molar-refractivity contribution in [3.63, 3.8) is 0 Å². The van der Waals surface area contributed by atoms with Crippen LogP contribution < -0.4 is 10.7 Å². The minimum atomic E-state index is -0.0242. The van der Waals surface area contributed by atoms with E-state index < -0.39 is 0 Å². The summed E-state index contributed by atoms with van der Waals surface area (Å²) in [4.78, 5) is 14.4. The average molecular weight is 299 g/mol. The standard InChI is InChI=1S/C16H17N3OS/c1-12-6-7-13(21-12)10-17-8-9-19-15-5-3-2-4-14(15)16(20)11-18-19/h2-7,11,17H,8-10H2,1H3. The molecule has 1 N–H and O–H groups in total. The van der Waals surface area contributed by atoms with Crippen LogP contribution in [0.4, 0.5) is 0 Å². The number of hydrogen-bond acceptors (Lipinski definition) is 4. The summed E-state index contributed by atoms with van der Waals surface area (Å²) in [7, 11) is 0. The van der Waals surface area contributed by atoms with E-state index >= 15 is 0 Å². The molecule has 108 valence electrons. The highest BCUT2D eigenvalue weighted by atomic mass is 32.1. The number of para-hydroxylation sites is 1. The minimum Gasteiger partial charge on any atom is -0.310 e. The second-order valence-electron chi connectivity index (χ2n) is 4.94. The number of aryl methyl sites for hydroxylation is 1. The van der Waals surface area contributed by atoms with Gasteiger partial charge in [-0.1, -0.05) is 12.1 Å². The highest BCUT2D eigenvalue weighted by Gasteiger charge is 2.03. The Morgan fingerprint density at radius 3 is 2.90 bits per heavy atom. The molecule has 4 nitrogen and oxygen atoms in total. The van der Waals surface area contributed by atoms with Crippen LogP contribution >= 0.6 is 11.3 Å². The van der Waals surface area contributed by atoms with Crippen molar-refractivity contribution in [2.75, 3.05) is 6.54 Å². The number of benzene rings is 1. The van der Waals surface area contributed by atoms with Gasteiger partial charge in [-0.2, -0.15) is 5.10 Å². The van der Waals surface area contributed by atoms with Gasteiger partial charge in [0.05, 0.1) is 18.3 Å². The van der Waals surface area contributed by atoms with E-state index in [4.69, 9.17) is 0 Å². The number of hydrogen-bond donors (Lipinski definition) is 1. The van der Waals surface area contributed by atoms with Gasteiger partial charge < -0.3 is 5.32 Å². The number of rotatable bonds is 5. The van der Waals surface area contributed by atoms with Crippen molar-refractivity contribution in [3.8, 4) is 0 Å². The molecule has 5 heteroatoms. The summed E-state index contributed by atoms with van der Waals surface area (Å²) < 4.78 is 1.88. The summed E-state index contributed by atoms with van der Waals surface area (Å²) in [6.07, 6.45) is 1.39. The fraction of sp³-hybridized carbons (Fsp3) is 0.250. The quantitative estimate of drug-likeness (QED) is 0.737. The van der Waals surface area contributed by atoms with Gasteiger partial charge in [-0.3, -0.25) is 9.48 Å². The van der Waals surface area contributed by atoms with Crippen LogP contribution in [0.2, 0.25) is 0 Å². The van der Waals surface area contributed by atoms with Gasteiger partial charge in [0.1, 0.15) is 0 Å². The topological polar surface area (TPSA) is 46.9 Å². The highest BCUT2D eigenvalue weighted by molar-refractivity contribution is 7.11. The smallest absolute Gasteiger partial charge is 0.207 e. The first-order valence-electron chi connectivity index (χ1n) is 6.95. The Kier molecular flexibility index (Phi) is 4.13. The minimum absolute atomic E-state index is 0.0242. The third-order valence-corrected chi connectivity index (χ3v) is 4.36. The van der Waals surface area contributed by atoms with Crippen molar-refractivity contribution >= 4 is 22.2 Å². The number of thiophene rings is 1. The van der Waals surface area contributed by atoms with Crippen LogP contribution in [-0.2, 0) is 13.1 Å². The summed E-state index contributed by atoms with van der Waals surface area (Å²) in [5, 5.41) is 8.36. The van der Waals surface area contributed by atoms with E-state index in [9.17, 15) is 4.79 Å². The number of aromatic nitrogens is 2. The van der Waals surface area contributed by atoms with Crippen LogP contribution in [0.15, 0.2) is 47.4 Å².